The lowest BCUT2D eigenvalue weighted by Gasteiger charge is -2.40. The van der Waals surface area contributed by atoms with E-state index in [1.807, 2.05) is 27.7 Å². The third kappa shape index (κ3) is 4.97. The molecule has 1 aromatic rings. The van der Waals surface area contributed by atoms with Crippen molar-refractivity contribution in [2.45, 2.75) is 70.2 Å². The molecule has 3 saturated heterocycles. The number of methoxy groups -OCH3 is 1. The first kappa shape index (κ1) is 30.8. The van der Waals surface area contributed by atoms with Crippen LogP contribution in [0.25, 0.3) is 0 Å². The van der Waals surface area contributed by atoms with Gasteiger partial charge in [-0.1, -0.05) is 32.9 Å². The van der Waals surface area contributed by atoms with Gasteiger partial charge in [-0.25, -0.2) is 0 Å². The summed E-state index contributed by atoms with van der Waals surface area (Å²) in [6.45, 7) is 15.3. The van der Waals surface area contributed by atoms with Crippen LogP contribution in [-0.4, -0.2) is 77.9 Å². The van der Waals surface area contributed by atoms with Crippen LogP contribution in [0.15, 0.2) is 49.6 Å². The Labute approximate surface area is 243 Å². The molecule has 0 aliphatic carbocycles. The molecule has 7 atom stereocenters. The van der Waals surface area contributed by atoms with E-state index < -0.39 is 41.1 Å². The van der Waals surface area contributed by atoms with Crippen molar-refractivity contribution in [3.8, 4) is 5.75 Å². The number of esters is 1. The molecule has 2 bridgehead atoms. The zero-order chi connectivity index (χ0) is 30.1. The quantitative estimate of drug-likeness (QED) is 0.220. The zero-order valence-corrected chi connectivity index (χ0v) is 24.9. The maximum absolute atomic E-state index is 14.7. The highest BCUT2D eigenvalue weighted by Crippen LogP contribution is 2.66. The minimum atomic E-state index is -1.25. The number of aliphatic hydroxyl groups is 1. The molecule has 9 heteroatoms. The summed E-state index contributed by atoms with van der Waals surface area (Å²) in [5.41, 5.74) is -1.62. The van der Waals surface area contributed by atoms with E-state index in [9.17, 15) is 19.5 Å². The van der Waals surface area contributed by atoms with E-state index in [4.69, 9.17) is 14.2 Å². The molecule has 3 unspecified atom stereocenters. The summed E-state index contributed by atoms with van der Waals surface area (Å²) >= 11 is 0. The molecular formula is C32H44N2O7. The Morgan fingerprint density at radius 2 is 1.93 bits per heavy atom. The van der Waals surface area contributed by atoms with Gasteiger partial charge in [0, 0.05) is 12.2 Å². The van der Waals surface area contributed by atoms with Gasteiger partial charge in [0.2, 0.25) is 5.91 Å². The predicted molar refractivity (Wildman–Crippen MR) is 155 cm³/mol. The number of unbranched alkanes of at least 4 members (excludes halogenated alkanes) is 1. The number of amides is 2. The second-order valence-electron chi connectivity index (χ2n) is 12.0. The number of rotatable bonds is 13. The van der Waals surface area contributed by atoms with Crippen molar-refractivity contribution < 1.29 is 33.7 Å². The van der Waals surface area contributed by atoms with Gasteiger partial charge in [0.25, 0.3) is 5.91 Å². The van der Waals surface area contributed by atoms with Crippen LogP contribution in [0.5, 0.6) is 5.75 Å². The molecule has 1 N–H and O–H groups in total. The average Bonchev–Trinajstić information content (AvgIpc) is 3.46. The SMILES string of the molecule is C=CCCCOC(=O)[C@@H]1[C@H]2C(=O)N([C@@H](CO)C(C)C)C(C(=O)N(CC=C)c3ccc(OC)cc3)C23CC(C)[C@@]1(C)O3. The van der Waals surface area contributed by atoms with Crippen molar-refractivity contribution in [2.75, 3.05) is 31.8 Å². The van der Waals surface area contributed by atoms with Crippen molar-refractivity contribution in [1.29, 1.82) is 0 Å². The topological polar surface area (TPSA) is 106 Å². The molecule has 0 saturated carbocycles. The lowest BCUT2D eigenvalue weighted by atomic mass is 9.62. The predicted octanol–water partition coefficient (Wildman–Crippen LogP) is 3.75. The number of benzene rings is 1. The first-order valence-electron chi connectivity index (χ1n) is 14.5. The van der Waals surface area contributed by atoms with E-state index in [2.05, 4.69) is 13.2 Å². The molecule has 3 aliphatic heterocycles. The Hall–Kier alpha value is -3.17. The van der Waals surface area contributed by atoms with Crippen molar-refractivity contribution in [2.24, 2.45) is 23.7 Å². The first-order valence-corrected chi connectivity index (χ1v) is 14.5. The van der Waals surface area contributed by atoms with Gasteiger partial charge in [-0.2, -0.15) is 0 Å². The fourth-order valence-corrected chi connectivity index (χ4v) is 7.14. The zero-order valence-electron chi connectivity index (χ0n) is 24.9. The highest BCUT2D eigenvalue weighted by atomic mass is 16.6. The average molecular weight is 569 g/mol. The lowest BCUT2D eigenvalue weighted by Crippen LogP contribution is -2.60. The number of carbonyl (C=O) groups excluding carboxylic acids is 3. The van der Waals surface area contributed by atoms with E-state index in [-0.39, 0.29) is 43.4 Å². The molecule has 3 aliphatic rings. The molecule has 224 valence electrons. The maximum Gasteiger partial charge on any atom is 0.312 e. The van der Waals surface area contributed by atoms with Crippen molar-refractivity contribution in [3.63, 3.8) is 0 Å². The van der Waals surface area contributed by atoms with Gasteiger partial charge in [-0.05, 0) is 62.3 Å². The molecule has 9 nitrogen and oxygen atoms in total. The molecule has 3 fully saturated rings. The molecule has 0 aromatic heterocycles. The van der Waals surface area contributed by atoms with Crippen LogP contribution in [0.4, 0.5) is 5.69 Å². The van der Waals surface area contributed by atoms with Crippen LogP contribution < -0.4 is 9.64 Å². The third-order valence-corrected chi connectivity index (χ3v) is 9.31. The summed E-state index contributed by atoms with van der Waals surface area (Å²) in [5.74, 6) is -2.59. The van der Waals surface area contributed by atoms with Crippen molar-refractivity contribution in [1.82, 2.24) is 4.90 Å². The maximum atomic E-state index is 14.7. The van der Waals surface area contributed by atoms with Gasteiger partial charge in [0.15, 0.2) is 0 Å². The third-order valence-electron chi connectivity index (χ3n) is 9.31. The Kier molecular flexibility index (Phi) is 8.99. The second-order valence-corrected chi connectivity index (χ2v) is 12.0. The van der Waals surface area contributed by atoms with Crippen molar-refractivity contribution >= 4 is 23.5 Å². The summed E-state index contributed by atoms with van der Waals surface area (Å²) in [4.78, 5) is 45.9. The monoisotopic (exact) mass is 568 g/mol. The smallest absolute Gasteiger partial charge is 0.312 e. The summed E-state index contributed by atoms with van der Waals surface area (Å²) < 4.78 is 17.8. The molecular weight excluding hydrogens is 524 g/mol. The molecule has 3 heterocycles. The molecule has 2 amide bonds. The number of fused-ring (bicyclic) bond motifs is 1. The Balaban J connectivity index is 1.82. The number of aliphatic hydroxyl groups excluding tert-OH is 1. The highest BCUT2D eigenvalue weighted by molar-refractivity contribution is 6.05. The van der Waals surface area contributed by atoms with Crippen LogP contribution in [0.2, 0.25) is 0 Å². The minimum absolute atomic E-state index is 0.118. The van der Waals surface area contributed by atoms with Crippen molar-refractivity contribution in [3.05, 3.63) is 49.6 Å². The number of likely N-dealkylation sites (tertiary alicyclic amines) is 1. The minimum Gasteiger partial charge on any atom is -0.497 e. The van der Waals surface area contributed by atoms with Gasteiger partial charge in [0.1, 0.15) is 23.3 Å². The van der Waals surface area contributed by atoms with E-state index in [0.29, 0.717) is 30.7 Å². The number of anilines is 1. The molecule has 1 spiro atoms. The number of hydrogen-bond donors (Lipinski definition) is 1. The van der Waals surface area contributed by atoms with Gasteiger partial charge < -0.3 is 29.1 Å². The van der Waals surface area contributed by atoms with Gasteiger partial charge in [-0.15, -0.1) is 13.2 Å². The van der Waals surface area contributed by atoms with E-state index in [0.717, 1.165) is 0 Å². The summed E-state index contributed by atoms with van der Waals surface area (Å²) in [6, 6.07) is 5.39. The summed E-state index contributed by atoms with van der Waals surface area (Å²) in [7, 11) is 1.57. The normalized spacial score (nSPS) is 30.7. The number of allylic oxidation sites excluding steroid dienone is 1. The van der Waals surface area contributed by atoms with Crippen LogP contribution in [0, 0.1) is 23.7 Å². The largest absolute Gasteiger partial charge is 0.497 e. The molecule has 4 rings (SSSR count). The van der Waals surface area contributed by atoms with E-state index in [1.165, 1.54) is 4.90 Å². The summed E-state index contributed by atoms with van der Waals surface area (Å²) in [5, 5.41) is 10.5. The van der Waals surface area contributed by atoms with Gasteiger partial charge in [-0.3, -0.25) is 14.4 Å². The molecule has 41 heavy (non-hydrogen) atoms. The number of ether oxygens (including phenoxy) is 3. The number of nitrogens with zero attached hydrogens (tertiary/aromatic N) is 2. The van der Waals surface area contributed by atoms with Crippen LogP contribution in [0.1, 0.15) is 47.0 Å². The van der Waals surface area contributed by atoms with Gasteiger partial charge >= 0.3 is 5.97 Å². The fraction of sp³-hybridized carbons (Fsp3) is 0.594. The Morgan fingerprint density at radius 1 is 1.24 bits per heavy atom. The van der Waals surface area contributed by atoms with Gasteiger partial charge in [0.05, 0.1) is 37.9 Å². The van der Waals surface area contributed by atoms with Crippen LogP contribution in [0.3, 0.4) is 0 Å². The highest BCUT2D eigenvalue weighted by Gasteiger charge is 2.81. The second kappa shape index (κ2) is 12.0. The molecule has 0 radical (unpaired) electrons. The van der Waals surface area contributed by atoms with Crippen LogP contribution >= 0.6 is 0 Å². The number of carbonyl (C=O) groups is 3. The first-order chi connectivity index (χ1) is 19.5. The number of hydrogen-bond acceptors (Lipinski definition) is 7. The van der Waals surface area contributed by atoms with E-state index in [1.54, 1.807) is 48.4 Å². The Morgan fingerprint density at radius 3 is 2.49 bits per heavy atom. The standard InChI is InChI=1S/C32H44N2O7/c1-8-10-11-17-40-30(38)26-25-28(36)34(24(19-35)20(3)4)27(32(25)18-21(5)31(26,6)41-32)29(37)33(16-9-2)22-12-14-23(39-7)15-13-22/h8-9,12-15,20-21,24-27,35H,1-2,10-11,16-19H2,3-7H3/t21?,24-,25-,26-,27?,31+,32?/m0/s1. The van der Waals surface area contributed by atoms with E-state index >= 15 is 0 Å². The fourth-order valence-electron chi connectivity index (χ4n) is 7.14. The lowest BCUT2D eigenvalue weighted by molar-refractivity contribution is -0.162. The van der Waals surface area contributed by atoms with Crippen LogP contribution in [-0.2, 0) is 23.9 Å². The summed E-state index contributed by atoms with van der Waals surface area (Å²) in [6.07, 6.45) is 5.15. The molecule has 1 aromatic carbocycles. The Bertz CT molecular complexity index is 1170.